The monoisotopic (exact) mass is 345 g/mol. The third-order valence-corrected chi connectivity index (χ3v) is 5.16. The van der Waals surface area contributed by atoms with Gasteiger partial charge in [0, 0.05) is 30.2 Å². The molecule has 0 aromatic heterocycles. The molecule has 0 saturated heterocycles. The number of fused-ring (bicyclic) bond motifs is 1. The molecule has 0 unspecified atom stereocenters. The molecular formula is C19H20FNO2S. The maximum atomic E-state index is 13.6. The summed E-state index contributed by atoms with van der Waals surface area (Å²) in [4.78, 5) is 14.3. The lowest BCUT2D eigenvalue weighted by Gasteiger charge is -2.17. The molecule has 0 N–H and O–H groups in total. The number of carbonyl (C=O) groups excluding carboxylic acids is 1. The van der Waals surface area contributed by atoms with Gasteiger partial charge < -0.3 is 9.64 Å². The van der Waals surface area contributed by atoms with E-state index in [1.54, 1.807) is 17.8 Å². The molecule has 0 aliphatic carbocycles. The third-order valence-electron chi connectivity index (χ3n) is 4.13. The van der Waals surface area contributed by atoms with Gasteiger partial charge in [0.2, 0.25) is 5.91 Å². The van der Waals surface area contributed by atoms with Crippen molar-refractivity contribution in [1.29, 1.82) is 0 Å². The molecule has 2 aromatic rings. The number of ether oxygens (including phenoxy) is 1. The van der Waals surface area contributed by atoms with E-state index in [-0.39, 0.29) is 17.5 Å². The first kappa shape index (κ1) is 16.8. The molecule has 126 valence electrons. The number of methoxy groups -OCH3 is 1. The Hall–Kier alpha value is -2.01. The number of para-hydroxylation sites is 1. The summed E-state index contributed by atoms with van der Waals surface area (Å²) in [7, 11) is 1.45. The van der Waals surface area contributed by atoms with Crippen molar-refractivity contribution in [3.05, 3.63) is 59.4 Å². The summed E-state index contributed by atoms with van der Waals surface area (Å²) in [5.74, 6) is 1.48. The summed E-state index contributed by atoms with van der Waals surface area (Å²) in [5.41, 5.74) is 3.19. The van der Waals surface area contributed by atoms with Gasteiger partial charge >= 0.3 is 0 Å². The van der Waals surface area contributed by atoms with Gasteiger partial charge in [0.15, 0.2) is 11.6 Å². The molecule has 0 saturated carbocycles. The van der Waals surface area contributed by atoms with E-state index in [9.17, 15) is 9.18 Å². The molecule has 24 heavy (non-hydrogen) atoms. The maximum absolute atomic E-state index is 13.6. The van der Waals surface area contributed by atoms with Crippen LogP contribution in [0.25, 0.3) is 0 Å². The Morgan fingerprint density at radius 1 is 1.29 bits per heavy atom. The summed E-state index contributed by atoms with van der Waals surface area (Å²) in [6, 6.07) is 13.0. The zero-order chi connectivity index (χ0) is 16.9. The molecule has 0 atom stereocenters. The molecule has 1 aliphatic heterocycles. The van der Waals surface area contributed by atoms with Gasteiger partial charge in [0.25, 0.3) is 0 Å². The standard InChI is InChI=1S/C19H20FNO2S/c1-23-18-7-6-14(12-16(18)20)13-24-11-9-19(22)21-10-8-15-4-2-3-5-17(15)21/h2-7,12H,8-11,13H2,1H3. The lowest BCUT2D eigenvalue weighted by molar-refractivity contribution is -0.118. The largest absolute Gasteiger partial charge is 0.494 e. The van der Waals surface area contributed by atoms with Gasteiger partial charge in [-0.1, -0.05) is 24.3 Å². The Morgan fingerprint density at radius 2 is 2.12 bits per heavy atom. The predicted molar refractivity (Wildman–Crippen MR) is 96.2 cm³/mol. The second-order valence-corrected chi connectivity index (χ2v) is 6.80. The van der Waals surface area contributed by atoms with E-state index < -0.39 is 0 Å². The Kier molecular flexibility index (Phi) is 5.41. The molecule has 0 bridgehead atoms. The van der Waals surface area contributed by atoms with Crippen molar-refractivity contribution in [3.8, 4) is 5.75 Å². The van der Waals surface area contributed by atoms with Crippen molar-refractivity contribution in [2.24, 2.45) is 0 Å². The average molecular weight is 345 g/mol. The van der Waals surface area contributed by atoms with Crippen molar-refractivity contribution in [2.45, 2.75) is 18.6 Å². The van der Waals surface area contributed by atoms with Gasteiger partial charge in [0.1, 0.15) is 0 Å². The normalized spacial score (nSPS) is 13.0. The Labute approximate surface area is 145 Å². The van der Waals surface area contributed by atoms with Crippen molar-refractivity contribution in [1.82, 2.24) is 0 Å². The van der Waals surface area contributed by atoms with E-state index in [1.807, 2.05) is 29.2 Å². The first-order valence-corrected chi connectivity index (χ1v) is 9.13. The topological polar surface area (TPSA) is 29.5 Å². The molecule has 3 rings (SSSR count). The van der Waals surface area contributed by atoms with Crippen LogP contribution in [0.4, 0.5) is 10.1 Å². The molecule has 1 heterocycles. The van der Waals surface area contributed by atoms with Gasteiger partial charge in [-0.3, -0.25) is 4.79 Å². The van der Waals surface area contributed by atoms with Crippen LogP contribution in [0.1, 0.15) is 17.5 Å². The smallest absolute Gasteiger partial charge is 0.227 e. The van der Waals surface area contributed by atoms with Crippen LogP contribution in [0.2, 0.25) is 0 Å². The maximum Gasteiger partial charge on any atom is 0.227 e. The summed E-state index contributed by atoms with van der Waals surface area (Å²) >= 11 is 1.64. The number of carbonyl (C=O) groups is 1. The Bertz CT molecular complexity index is 735. The number of hydrogen-bond acceptors (Lipinski definition) is 3. The summed E-state index contributed by atoms with van der Waals surface area (Å²) in [6.07, 6.45) is 1.43. The molecule has 3 nitrogen and oxygen atoms in total. The molecule has 0 fully saturated rings. The van der Waals surface area contributed by atoms with Crippen LogP contribution >= 0.6 is 11.8 Å². The van der Waals surface area contributed by atoms with Crippen LogP contribution in [0, 0.1) is 5.82 Å². The van der Waals surface area contributed by atoms with Gasteiger partial charge in [-0.15, -0.1) is 0 Å². The number of amides is 1. The fourth-order valence-corrected chi connectivity index (χ4v) is 3.76. The van der Waals surface area contributed by atoms with Crippen LogP contribution in [-0.2, 0) is 17.0 Å². The number of rotatable bonds is 6. The lowest BCUT2D eigenvalue weighted by atomic mass is 10.2. The van der Waals surface area contributed by atoms with Crippen LogP contribution in [-0.4, -0.2) is 25.3 Å². The van der Waals surface area contributed by atoms with Crippen molar-refractivity contribution >= 4 is 23.4 Å². The molecule has 2 aromatic carbocycles. The highest BCUT2D eigenvalue weighted by Crippen LogP contribution is 2.28. The van der Waals surface area contributed by atoms with E-state index in [0.717, 1.165) is 30.0 Å². The second kappa shape index (κ2) is 7.71. The predicted octanol–water partition coefficient (Wildman–Crippen LogP) is 4.05. The molecular weight excluding hydrogens is 325 g/mol. The van der Waals surface area contributed by atoms with Gasteiger partial charge in [-0.05, 0) is 35.7 Å². The number of thioether (sulfide) groups is 1. The van der Waals surface area contributed by atoms with E-state index in [0.29, 0.717) is 12.2 Å². The van der Waals surface area contributed by atoms with Gasteiger partial charge in [-0.25, -0.2) is 4.39 Å². The number of hydrogen-bond donors (Lipinski definition) is 0. The molecule has 5 heteroatoms. The summed E-state index contributed by atoms with van der Waals surface area (Å²) in [5, 5.41) is 0. The minimum atomic E-state index is -0.347. The quantitative estimate of drug-likeness (QED) is 0.740. The minimum absolute atomic E-state index is 0.161. The van der Waals surface area contributed by atoms with Crippen molar-refractivity contribution in [2.75, 3.05) is 24.3 Å². The van der Waals surface area contributed by atoms with Crippen molar-refractivity contribution < 1.29 is 13.9 Å². The fourth-order valence-electron chi connectivity index (χ4n) is 2.88. The number of anilines is 1. The van der Waals surface area contributed by atoms with Gasteiger partial charge in [-0.2, -0.15) is 11.8 Å². The van der Waals surface area contributed by atoms with E-state index in [2.05, 4.69) is 6.07 Å². The third kappa shape index (κ3) is 3.73. The van der Waals surface area contributed by atoms with E-state index >= 15 is 0 Å². The van der Waals surface area contributed by atoms with Crippen LogP contribution in [0.3, 0.4) is 0 Å². The molecule has 1 aliphatic rings. The first-order valence-electron chi connectivity index (χ1n) is 7.97. The Morgan fingerprint density at radius 3 is 2.92 bits per heavy atom. The number of halogens is 1. The summed E-state index contributed by atoms with van der Waals surface area (Å²) < 4.78 is 18.5. The molecule has 1 amide bonds. The minimum Gasteiger partial charge on any atom is -0.494 e. The summed E-state index contributed by atoms with van der Waals surface area (Å²) in [6.45, 7) is 0.770. The van der Waals surface area contributed by atoms with Crippen LogP contribution in [0.5, 0.6) is 5.75 Å². The van der Waals surface area contributed by atoms with Crippen LogP contribution in [0.15, 0.2) is 42.5 Å². The van der Waals surface area contributed by atoms with E-state index in [1.165, 1.54) is 18.7 Å². The van der Waals surface area contributed by atoms with Crippen molar-refractivity contribution in [3.63, 3.8) is 0 Å². The molecule has 0 spiro atoms. The SMILES string of the molecule is COc1ccc(CSCCC(=O)N2CCc3ccccc32)cc1F. The number of benzene rings is 2. The highest BCUT2D eigenvalue weighted by molar-refractivity contribution is 7.98. The van der Waals surface area contributed by atoms with Crippen LogP contribution < -0.4 is 9.64 Å². The highest BCUT2D eigenvalue weighted by Gasteiger charge is 2.23. The number of nitrogens with zero attached hydrogens (tertiary/aromatic N) is 1. The van der Waals surface area contributed by atoms with Gasteiger partial charge in [0.05, 0.1) is 7.11 Å². The average Bonchev–Trinajstić information content (AvgIpc) is 3.03. The molecule has 0 radical (unpaired) electrons. The second-order valence-electron chi connectivity index (χ2n) is 5.70. The zero-order valence-corrected chi connectivity index (χ0v) is 14.4. The Balaban J connectivity index is 1.47. The fraction of sp³-hybridized carbons (Fsp3) is 0.316. The highest BCUT2D eigenvalue weighted by atomic mass is 32.2. The van der Waals surface area contributed by atoms with E-state index in [4.69, 9.17) is 4.74 Å². The zero-order valence-electron chi connectivity index (χ0n) is 13.6. The first-order chi connectivity index (χ1) is 11.7. The lowest BCUT2D eigenvalue weighted by Crippen LogP contribution is -2.29.